The number of aromatic nitrogens is 2. The Kier molecular flexibility index (Phi) is 5.31. The minimum Gasteiger partial charge on any atom is -0.362 e. The van der Waals surface area contributed by atoms with Crippen LogP contribution in [0.15, 0.2) is 34.8 Å². The van der Waals surface area contributed by atoms with Gasteiger partial charge in [0.05, 0.1) is 28.9 Å². The van der Waals surface area contributed by atoms with Crippen LogP contribution >= 0.6 is 15.9 Å². The third-order valence-corrected chi connectivity index (χ3v) is 5.33. The topological polar surface area (TPSA) is 61.6 Å². The molecule has 1 aromatic heterocycles. The van der Waals surface area contributed by atoms with E-state index in [1.807, 2.05) is 19.9 Å². The Hall–Kier alpha value is -2.66. The largest absolute Gasteiger partial charge is 0.417 e. The van der Waals surface area contributed by atoms with Crippen LogP contribution in [0.2, 0.25) is 0 Å². The van der Waals surface area contributed by atoms with E-state index in [2.05, 4.69) is 37.5 Å². The molecule has 0 aliphatic carbocycles. The Balaban J connectivity index is 2.09. The number of hydrogen-bond donors (Lipinski definition) is 1. The van der Waals surface area contributed by atoms with Gasteiger partial charge in [-0.15, -0.1) is 5.10 Å². The van der Waals surface area contributed by atoms with Crippen LogP contribution < -0.4 is 5.32 Å². The molecule has 3 rings (SSSR count). The highest BCUT2D eigenvalue weighted by molar-refractivity contribution is 9.10. The van der Waals surface area contributed by atoms with Crippen molar-refractivity contribution in [3.05, 3.63) is 62.8 Å². The molecule has 8 heteroatoms. The predicted octanol–water partition coefficient (Wildman–Crippen LogP) is 6.07. The molecule has 28 heavy (non-hydrogen) atoms. The molecule has 0 saturated heterocycles. The van der Waals surface area contributed by atoms with E-state index in [1.54, 1.807) is 19.1 Å². The number of nitrogens with zero attached hydrogens (tertiary/aromatic N) is 3. The fourth-order valence-corrected chi connectivity index (χ4v) is 3.72. The molecule has 1 atom stereocenters. The summed E-state index contributed by atoms with van der Waals surface area (Å²) >= 11 is 3.02. The van der Waals surface area contributed by atoms with Crippen molar-refractivity contribution in [1.29, 1.82) is 5.26 Å². The molecule has 0 aliphatic rings. The zero-order valence-electron chi connectivity index (χ0n) is 15.3. The Morgan fingerprint density at radius 1 is 1.14 bits per heavy atom. The normalized spacial score (nSPS) is 12.6. The molecule has 0 radical (unpaired) electrons. The lowest BCUT2D eigenvalue weighted by atomic mass is 9.98. The molecule has 0 amide bonds. The number of alkyl halides is 3. The van der Waals surface area contributed by atoms with E-state index < -0.39 is 11.7 Å². The highest BCUT2D eigenvalue weighted by atomic mass is 79.9. The van der Waals surface area contributed by atoms with Gasteiger partial charge in [0, 0.05) is 15.2 Å². The number of fused-ring (bicyclic) bond motifs is 1. The summed E-state index contributed by atoms with van der Waals surface area (Å²) in [5.74, 6) is 0.379. The number of benzene rings is 2. The monoisotopic (exact) mass is 448 g/mol. The second-order valence-electron chi connectivity index (χ2n) is 6.51. The fourth-order valence-electron chi connectivity index (χ4n) is 3.15. The zero-order chi connectivity index (χ0) is 20.6. The number of halogens is 4. The van der Waals surface area contributed by atoms with Gasteiger partial charge in [-0.25, -0.2) is 0 Å². The number of rotatable bonds is 3. The van der Waals surface area contributed by atoms with Gasteiger partial charge in [-0.1, -0.05) is 28.1 Å². The van der Waals surface area contributed by atoms with Crippen LogP contribution in [-0.2, 0) is 6.18 Å². The first-order valence-corrected chi connectivity index (χ1v) is 9.22. The van der Waals surface area contributed by atoms with Gasteiger partial charge in [-0.3, -0.25) is 0 Å². The van der Waals surface area contributed by atoms with Gasteiger partial charge in [0.2, 0.25) is 0 Å². The molecule has 3 aromatic rings. The molecule has 0 bridgehead atoms. The number of nitrogens with one attached hydrogen (secondary N) is 1. The van der Waals surface area contributed by atoms with E-state index in [1.165, 1.54) is 6.07 Å². The van der Waals surface area contributed by atoms with Gasteiger partial charge in [-0.05, 0) is 50.1 Å². The summed E-state index contributed by atoms with van der Waals surface area (Å²) in [6.45, 7) is 5.38. The van der Waals surface area contributed by atoms with E-state index in [9.17, 15) is 18.4 Å². The molecule has 2 aromatic carbocycles. The predicted molar refractivity (Wildman–Crippen MR) is 105 cm³/mol. The quantitative estimate of drug-likeness (QED) is 0.527. The lowest BCUT2D eigenvalue weighted by molar-refractivity contribution is -0.138. The van der Waals surface area contributed by atoms with Crippen molar-refractivity contribution < 1.29 is 13.2 Å². The Morgan fingerprint density at radius 2 is 1.86 bits per heavy atom. The van der Waals surface area contributed by atoms with Crippen LogP contribution in [0.4, 0.5) is 19.0 Å². The first kappa shape index (κ1) is 20.1. The molecule has 1 N–H and O–H groups in total. The number of hydrogen-bond acceptors (Lipinski definition) is 4. The molecule has 0 spiro atoms. The minimum absolute atomic E-state index is 0.0572. The van der Waals surface area contributed by atoms with Gasteiger partial charge < -0.3 is 5.32 Å². The number of nitriles is 1. The summed E-state index contributed by atoms with van der Waals surface area (Å²) in [5, 5.41) is 21.5. The van der Waals surface area contributed by atoms with E-state index in [-0.39, 0.29) is 10.5 Å². The molecular weight excluding hydrogens is 433 g/mol. The van der Waals surface area contributed by atoms with E-state index in [0.29, 0.717) is 27.8 Å². The third kappa shape index (κ3) is 3.67. The minimum atomic E-state index is -4.47. The zero-order valence-corrected chi connectivity index (χ0v) is 16.9. The van der Waals surface area contributed by atoms with Gasteiger partial charge >= 0.3 is 6.18 Å². The molecule has 0 aliphatic heterocycles. The summed E-state index contributed by atoms with van der Waals surface area (Å²) < 4.78 is 39.7. The average molecular weight is 449 g/mol. The van der Waals surface area contributed by atoms with Crippen LogP contribution in [0.1, 0.15) is 40.9 Å². The second kappa shape index (κ2) is 7.40. The van der Waals surface area contributed by atoms with Crippen molar-refractivity contribution in [2.24, 2.45) is 0 Å². The summed E-state index contributed by atoms with van der Waals surface area (Å²) in [4.78, 5) is 0. The fraction of sp³-hybridized carbons (Fsp3) is 0.250. The van der Waals surface area contributed by atoms with Crippen LogP contribution in [-0.4, -0.2) is 10.2 Å². The van der Waals surface area contributed by atoms with Crippen molar-refractivity contribution in [3.63, 3.8) is 0 Å². The van der Waals surface area contributed by atoms with E-state index in [0.717, 1.165) is 17.2 Å². The lowest BCUT2D eigenvalue weighted by Crippen LogP contribution is -2.12. The molecule has 4 nitrogen and oxygen atoms in total. The number of anilines is 1. The van der Waals surface area contributed by atoms with Crippen molar-refractivity contribution in [2.75, 3.05) is 5.32 Å². The van der Waals surface area contributed by atoms with Gasteiger partial charge in [0.15, 0.2) is 5.82 Å². The maximum atomic E-state index is 13.2. The molecule has 0 unspecified atom stereocenters. The summed E-state index contributed by atoms with van der Waals surface area (Å²) in [7, 11) is 0. The Morgan fingerprint density at radius 3 is 2.50 bits per heavy atom. The van der Waals surface area contributed by atoms with Crippen LogP contribution in [0.3, 0.4) is 0 Å². The van der Waals surface area contributed by atoms with Crippen molar-refractivity contribution in [2.45, 2.75) is 33.0 Å². The maximum Gasteiger partial charge on any atom is 0.417 e. The Bertz CT molecular complexity index is 1100. The standard InChI is InChI=1S/C20H16BrF3N4/c1-10-13(9-25)5-4-6-14(10)11(2)26-19-16-8-18(21)17(20(22,23)24)7-15(16)12(3)27-28-19/h4-8,11H,1-3H3,(H,26,28)/t11-/m1/s1. The molecule has 0 saturated carbocycles. The summed E-state index contributed by atoms with van der Waals surface area (Å²) in [5.41, 5.74) is 1.97. The molecule has 0 fully saturated rings. The van der Waals surface area contributed by atoms with E-state index in [4.69, 9.17) is 0 Å². The van der Waals surface area contributed by atoms with Crippen molar-refractivity contribution >= 4 is 32.5 Å². The van der Waals surface area contributed by atoms with Gasteiger partial charge in [0.1, 0.15) is 0 Å². The molecule has 144 valence electrons. The summed E-state index contributed by atoms with van der Waals surface area (Å²) in [6, 6.07) is 9.85. The number of aryl methyl sites for hydroxylation is 1. The van der Waals surface area contributed by atoms with Crippen LogP contribution in [0.5, 0.6) is 0 Å². The lowest BCUT2D eigenvalue weighted by Gasteiger charge is -2.19. The summed E-state index contributed by atoms with van der Waals surface area (Å²) in [6.07, 6.45) is -4.47. The first-order chi connectivity index (χ1) is 13.1. The van der Waals surface area contributed by atoms with Crippen LogP contribution in [0.25, 0.3) is 10.8 Å². The van der Waals surface area contributed by atoms with Crippen molar-refractivity contribution in [1.82, 2.24) is 10.2 Å². The second-order valence-corrected chi connectivity index (χ2v) is 7.36. The Labute approximate surface area is 168 Å². The van der Waals surface area contributed by atoms with Gasteiger partial charge in [-0.2, -0.15) is 23.5 Å². The van der Waals surface area contributed by atoms with E-state index >= 15 is 0 Å². The maximum absolute atomic E-state index is 13.2. The first-order valence-electron chi connectivity index (χ1n) is 8.43. The van der Waals surface area contributed by atoms with Crippen molar-refractivity contribution in [3.8, 4) is 6.07 Å². The highest BCUT2D eigenvalue weighted by Crippen LogP contribution is 2.39. The highest BCUT2D eigenvalue weighted by Gasteiger charge is 2.33. The van der Waals surface area contributed by atoms with Gasteiger partial charge in [0.25, 0.3) is 0 Å². The smallest absolute Gasteiger partial charge is 0.362 e. The molecule has 1 heterocycles. The third-order valence-electron chi connectivity index (χ3n) is 4.67. The SMILES string of the molecule is Cc1c(C#N)cccc1[C@@H](C)Nc1nnc(C)c2cc(C(F)(F)F)c(Br)cc12. The molecular formula is C20H16BrF3N4. The van der Waals surface area contributed by atoms with Crippen LogP contribution in [0, 0.1) is 25.2 Å². The average Bonchev–Trinajstić information content (AvgIpc) is 2.63.